The lowest BCUT2D eigenvalue weighted by Crippen LogP contribution is -2.10. The standard InChI is InChI=1S/C14H28O5/c1-3-4-5-6-10-18-14(15)19-11-8-7-9-17-13-12-16-2/h3-13H2,1-2H3. The second-order valence-electron chi connectivity index (χ2n) is 4.32. The Morgan fingerprint density at radius 1 is 0.789 bits per heavy atom. The molecule has 5 nitrogen and oxygen atoms in total. The van der Waals surface area contributed by atoms with Crippen LogP contribution < -0.4 is 0 Å². The minimum Gasteiger partial charge on any atom is -0.434 e. The summed E-state index contributed by atoms with van der Waals surface area (Å²) in [4.78, 5) is 11.2. The van der Waals surface area contributed by atoms with Crippen LogP contribution in [0.25, 0.3) is 0 Å². The number of unbranched alkanes of at least 4 members (excludes halogenated alkanes) is 4. The van der Waals surface area contributed by atoms with E-state index in [2.05, 4.69) is 6.92 Å². The Hall–Kier alpha value is -0.810. The molecule has 19 heavy (non-hydrogen) atoms. The van der Waals surface area contributed by atoms with Crippen molar-refractivity contribution in [3.63, 3.8) is 0 Å². The number of rotatable bonds is 13. The maximum absolute atomic E-state index is 11.2. The summed E-state index contributed by atoms with van der Waals surface area (Å²) in [6.07, 6.45) is 5.47. The minimum atomic E-state index is -0.559. The first-order valence-corrected chi connectivity index (χ1v) is 7.17. The van der Waals surface area contributed by atoms with Gasteiger partial charge in [0.25, 0.3) is 0 Å². The molecule has 0 aromatic carbocycles. The fraction of sp³-hybridized carbons (Fsp3) is 0.929. The average Bonchev–Trinajstić information content (AvgIpc) is 2.41. The Bertz CT molecular complexity index is 196. The monoisotopic (exact) mass is 276 g/mol. The zero-order chi connectivity index (χ0) is 14.2. The summed E-state index contributed by atoms with van der Waals surface area (Å²) in [5, 5.41) is 0. The van der Waals surface area contributed by atoms with Gasteiger partial charge < -0.3 is 18.9 Å². The van der Waals surface area contributed by atoms with Crippen molar-refractivity contribution in [3.8, 4) is 0 Å². The molecule has 0 bridgehead atoms. The fourth-order valence-electron chi connectivity index (χ4n) is 1.43. The van der Waals surface area contributed by atoms with Crippen LogP contribution >= 0.6 is 0 Å². The molecule has 5 heteroatoms. The molecular weight excluding hydrogens is 248 g/mol. The van der Waals surface area contributed by atoms with Gasteiger partial charge in [-0.25, -0.2) is 4.79 Å². The number of carbonyl (C=O) groups is 1. The highest BCUT2D eigenvalue weighted by Crippen LogP contribution is 2.00. The molecule has 0 saturated carbocycles. The van der Waals surface area contributed by atoms with E-state index in [0.29, 0.717) is 33.0 Å². The fourth-order valence-corrected chi connectivity index (χ4v) is 1.43. The van der Waals surface area contributed by atoms with Crippen molar-refractivity contribution in [2.45, 2.75) is 45.4 Å². The Balaban J connectivity index is 3.12. The maximum Gasteiger partial charge on any atom is 0.508 e. The SMILES string of the molecule is CCCCCCOC(=O)OCCCCOCCOC. The zero-order valence-corrected chi connectivity index (χ0v) is 12.3. The topological polar surface area (TPSA) is 54.0 Å². The van der Waals surface area contributed by atoms with Gasteiger partial charge in [-0.3, -0.25) is 0 Å². The van der Waals surface area contributed by atoms with Crippen molar-refractivity contribution < 1.29 is 23.7 Å². The van der Waals surface area contributed by atoms with Crippen LogP contribution in [0.4, 0.5) is 4.79 Å². The van der Waals surface area contributed by atoms with E-state index in [0.717, 1.165) is 25.7 Å². The van der Waals surface area contributed by atoms with E-state index in [1.807, 2.05) is 0 Å². The van der Waals surface area contributed by atoms with Gasteiger partial charge in [-0.05, 0) is 19.3 Å². The summed E-state index contributed by atoms with van der Waals surface area (Å²) in [5.74, 6) is 0. The number of methoxy groups -OCH3 is 1. The van der Waals surface area contributed by atoms with Crippen molar-refractivity contribution in [1.82, 2.24) is 0 Å². The molecule has 0 fully saturated rings. The van der Waals surface area contributed by atoms with Crippen molar-refractivity contribution in [1.29, 1.82) is 0 Å². The number of hydrogen-bond acceptors (Lipinski definition) is 5. The van der Waals surface area contributed by atoms with Crippen LogP contribution in [-0.2, 0) is 18.9 Å². The molecule has 0 N–H and O–H groups in total. The van der Waals surface area contributed by atoms with Crippen LogP contribution in [0.2, 0.25) is 0 Å². The predicted molar refractivity (Wildman–Crippen MR) is 73.4 cm³/mol. The van der Waals surface area contributed by atoms with Gasteiger partial charge >= 0.3 is 6.16 Å². The highest BCUT2D eigenvalue weighted by molar-refractivity contribution is 5.59. The molecule has 0 amide bonds. The second-order valence-corrected chi connectivity index (χ2v) is 4.32. The summed E-state index contributed by atoms with van der Waals surface area (Å²) in [5.41, 5.74) is 0. The normalized spacial score (nSPS) is 10.4. The van der Waals surface area contributed by atoms with Gasteiger partial charge in [-0.2, -0.15) is 0 Å². The van der Waals surface area contributed by atoms with Crippen molar-refractivity contribution >= 4 is 6.16 Å². The molecule has 0 rings (SSSR count). The van der Waals surface area contributed by atoms with E-state index < -0.39 is 6.16 Å². The molecule has 0 aromatic heterocycles. The second kappa shape index (κ2) is 15.2. The number of hydrogen-bond donors (Lipinski definition) is 0. The Morgan fingerprint density at radius 2 is 1.42 bits per heavy atom. The van der Waals surface area contributed by atoms with Gasteiger partial charge in [0.05, 0.1) is 26.4 Å². The summed E-state index contributed by atoms with van der Waals surface area (Å²) in [6.45, 7) is 4.88. The molecule has 0 spiro atoms. The van der Waals surface area contributed by atoms with Gasteiger partial charge in [-0.15, -0.1) is 0 Å². The lowest BCUT2D eigenvalue weighted by atomic mass is 10.2. The van der Waals surface area contributed by atoms with Crippen LogP contribution in [0.15, 0.2) is 0 Å². The van der Waals surface area contributed by atoms with Crippen molar-refractivity contribution in [3.05, 3.63) is 0 Å². The third kappa shape index (κ3) is 15.1. The lowest BCUT2D eigenvalue weighted by molar-refractivity contribution is 0.0461. The van der Waals surface area contributed by atoms with Gasteiger partial charge in [0.1, 0.15) is 0 Å². The molecule has 0 atom stereocenters. The molecule has 0 unspecified atom stereocenters. The number of ether oxygens (including phenoxy) is 4. The first-order chi connectivity index (χ1) is 9.31. The van der Waals surface area contributed by atoms with E-state index in [1.54, 1.807) is 7.11 Å². The maximum atomic E-state index is 11.2. The first kappa shape index (κ1) is 18.2. The Kier molecular flexibility index (Phi) is 14.6. The molecule has 114 valence electrons. The van der Waals surface area contributed by atoms with E-state index >= 15 is 0 Å². The van der Waals surface area contributed by atoms with Gasteiger partial charge in [-0.1, -0.05) is 26.2 Å². The largest absolute Gasteiger partial charge is 0.508 e. The van der Waals surface area contributed by atoms with Crippen LogP contribution in [-0.4, -0.2) is 46.3 Å². The van der Waals surface area contributed by atoms with E-state index in [-0.39, 0.29) is 0 Å². The van der Waals surface area contributed by atoms with Crippen molar-refractivity contribution in [2.24, 2.45) is 0 Å². The average molecular weight is 276 g/mol. The van der Waals surface area contributed by atoms with Crippen molar-refractivity contribution in [2.75, 3.05) is 40.1 Å². The Morgan fingerprint density at radius 3 is 2.05 bits per heavy atom. The summed E-state index contributed by atoms with van der Waals surface area (Å²) < 4.78 is 20.0. The molecule has 0 aliphatic heterocycles. The summed E-state index contributed by atoms with van der Waals surface area (Å²) in [6, 6.07) is 0. The predicted octanol–water partition coefficient (Wildman–Crippen LogP) is 3.16. The van der Waals surface area contributed by atoms with Gasteiger partial charge in [0, 0.05) is 13.7 Å². The lowest BCUT2D eigenvalue weighted by Gasteiger charge is -2.06. The van der Waals surface area contributed by atoms with Crippen LogP contribution in [0.5, 0.6) is 0 Å². The van der Waals surface area contributed by atoms with Gasteiger partial charge in [0.15, 0.2) is 0 Å². The smallest absolute Gasteiger partial charge is 0.434 e. The van der Waals surface area contributed by atoms with Gasteiger partial charge in [0.2, 0.25) is 0 Å². The third-order valence-corrected chi connectivity index (χ3v) is 2.55. The summed E-state index contributed by atoms with van der Waals surface area (Å²) in [7, 11) is 1.64. The van der Waals surface area contributed by atoms with Crippen LogP contribution in [0, 0.1) is 0 Å². The minimum absolute atomic E-state index is 0.390. The van der Waals surface area contributed by atoms with E-state index in [9.17, 15) is 4.79 Å². The van der Waals surface area contributed by atoms with E-state index in [4.69, 9.17) is 18.9 Å². The molecule has 0 aliphatic carbocycles. The molecule has 0 heterocycles. The zero-order valence-electron chi connectivity index (χ0n) is 12.3. The highest BCUT2D eigenvalue weighted by Gasteiger charge is 2.02. The van der Waals surface area contributed by atoms with Crippen LogP contribution in [0.1, 0.15) is 45.4 Å². The summed E-state index contributed by atoms with van der Waals surface area (Å²) >= 11 is 0. The molecule has 0 aromatic rings. The molecule has 0 aliphatic rings. The van der Waals surface area contributed by atoms with E-state index in [1.165, 1.54) is 12.8 Å². The number of carbonyl (C=O) groups excluding carboxylic acids is 1. The molecular formula is C14H28O5. The molecule has 0 radical (unpaired) electrons. The highest BCUT2D eigenvalue weighted by atomic mass is 16.7. The molecule has 0 saturated heterocycles. The third-order valence-electron chi connectivity index (χ3n) is 2.55. The quantitative estimate of drug-likeness (QED) is 0.382. The van der Waals surface area contributed by atoms with Crippen LogP contribution in [0.3, 0.4) is 0 Å². The Labute approximate surface area is 116 Å². The first-order valence-electron chi connectivity index (χ1n) is 7.17.